The van der Waals surface area contributed by atoms with E-state index in [4.69, 9.17) is 16.2 Å². The molecule has 0 radical (unpaired) electrons. The maximum atomic E-state index is 11.2. The van der Waals surface area contributed by atoms with Gasteiger partial charge in [0.25, 0.3) is 0 Å². The summed E-state index contributed by atoms with van der Waals surface area (Å²) in [7, 11) is 0. The lowest BCUT2D eigenvalue weighted by Gasteiger charge is -1.96. The van der Waals surface area contributed by atoms with E-state index in [-0.39, 0.29) is 11.9 Å². The van der Waals surface area contributed by atoms with Gasteiger partial charge in [0.15, 0.2) is 5.96 Å². The van der Waals surface area contributed by atoms with E-state index in [2.05, 4.69) is 4.99 Å². The summed E-state index contributed by atoms with van der Waals surface area (Å²) in [5.74, 6) is -0.378. The van der Waals surface area contributed by atoms with Crippen molar-refractivity contribution in [1.29, 1.82) is 0 Å². The quantitative estimate of drug-likeness (QED) is 0.442. The van der Waals surface area contributed by atoms with Gasteiger partial charge < -0.3 is 16.2 Å². The number of hydrogen-bond donors (Lipinski definition) is 2. The van der Waals surface area contributed by atoms with Gasteiger partial charge in [0, 0.05) is 0 Å². The van der Waals surface area contributed by atoms with E-state index >= 15 is 0 Å². The van der Waals surface area contributed by atoms with Crippen LogP contribution < -0.4 is 11.5 Å². The van der Waals surface area contributed by atoms with E-state index in [1.54, 1.807) is 19.1 Å². The fraction of sp³-hybridized carbons (Fsp3) is 0.250. The molecule has 0 fully saturated rings. The highest BCUT2D eigenvalue weighted by atomic mass is 32.1. The monoisotopic (exact) mass is 213 g/mol. The van der Waals surface area contributed by atoms with Crippen molar-refractivity contribution in [3.8, 4) is 0 Å². The number of carbonyl (C=O) groups excluding carboxylic acids is 1. The molecule has 0 bridgehead atoms. The Labute approximate surface area is 85.4 Å². The first kappa shape index (κ1) is 10.5. The van der Waals surface area contributed by atoms with Crippen LogP contribution in [0, 0.1) is 0 Å². The number of nitrogens with zero attached hydrogens (tertiary/aromatic N) is 1. The molecule has 0 amide bonds. The number of nitrogens with two attached hydrogens (primary N) is 2. The molecule has 76 valence electrons. The summed E-state index contributed by atoms with van der Waals surface area (Å²) in [5, 5.41) is 0.591. The van der Waals surface area contributed by atoms with Crippen LogP contribution in [0.5, 0.6) is 0 Å². The highest BCUT2D eigenvalue weighted by Crippen LogP contribution is 2.25. The van der Waals surface area contributed by atoms with Crippen molar-refractivity contribution in [1.82, 2.24) is 0 Å². The number of guanidine groups is 1. The number of thiophene rings is 1. The van der Waals surface area contributed by atoms with Gasteiger partial charge in [-0.15, -0.1) is 11.3 Å². The predicted molar refractivity (Wildman–Crippen MR) is 55.7 cm³/mol. The van der Waals surface area contributed by atoms with Crippen LogP contribution in [-0.4, -0.2) is 18.5 Å². The van der Waals surface area contributed by atoms with Crippen LogP contribution in [-0.2, 0) is 4.74 Å². The zero-order chi connectivity index (χ0) is 10.6. The number of hydrogen-bond acceptors (Lipinski definition) is 4. The molecule has 0 aliphatic heterocycles. The Hall–Kier alpha value is -1.56. The molecule has 1 aromatic rings. The largest absolute Gasteiger partial charge is 0.462 e. The van der Waals surface area contributed by atoms with Crippen LogP contribution in [0.2, 0.25) is 0 Å². The third-order valence-corrected chi connectivity index (χ3v) is 2.27. The van der Waals surface area contributed by atoms with E-state index in [1.165, 1.54) is 11.3 Å². The topological polar surface area (TPSA) is 90.7 Å². The molecule has 0 spiro atoms. The maximum absolute atomic E-state index is 11.2. The summed E-state index contributed by atoms with van der Waals surface area (Å²) in [6.45, 7) is 2.11. The summed E-state index contributed by atoms with van der Waals surface area (Å²) in [6.07, 6.45) is 0. The molecule has 0 saturated heterocycles. The normalized spacial score (nSPS) is 9.50. The lowest BCUT2D eigenvalue weighted by Crippen LogP contribution is -2.21. The number of rotatable bonds is 3. The molecule has 4 N–H and O–H groups in total. The van der Waals surface area contributed by atoms with Gasteiger partial charge in [0.05, 0.1) is 6.61 Å². The van der Waals surface area contributed by atoms with Crippen molar-refractivity contribution in [2.75, 3.05) is 6.61 Å². The van der Waals surface area contributed by atoms with Crippen LogP contribution in [0.1, 0.15) is 16.6 Å². The van der Waals surface area contributed by atoms with Crippen LogP contribution >= 0.6 is 11.3 Å². The van der Waals surface area contributed by atoms with E-state index < -0.39 is 0 Å². The van der Waals surface area contributed by atoms with Gasteiger partial charge >= 0.3 is 5.97 Å². The summed E-state index contributed by atoms with van der Waals surface area (Å²) >= 11 is 1.19. The third kappa shape index (κ3) is 2.74. The molecule has 6 heteroatoms. The number of aliphatic imine (C=N–C) groups is 1. The molecule has 1 heterocycles. The van der Waals surface area contributed by atoms with E-state index in [1.807, 2.05) is 0 Å². The second-order valence-corrected chi connectivity index (χ2v) is 3.46. The molecule has 0 aromatic carbocycles. The van der Waals surface area contributed by atoms with Gasteiger partial charge in [-0.05, 0) is 19.1 Å². The Morgan fingerprint density at radius 3 is 2.86 bits per heavy atom. The summed E-state index contributed by atoms with van der Waals surface area (Å²) in [4.78, 5) is 15.5. The molecule has 5 nitrogen and oxygen atoms in total. The van der Waals surface area contributed by atoms with Crippen molar-refractivity contribution >= 4 is 28.3 Å². The molecule has 0 aliphatic carbocycles. The van der Waals surface area contributed by atoms with E-state index in [0.717, 1.165) is 0 Å². The van der Waals surface area contributed by atoms with Gasteiger partial charge in [0.1, 0.15) is 9.88 Å². The molecule has 0 saturated carbocycles. The summed E-state index contributed by atoms with van der Waals surface area (Å²) < 4.78 is 4.81. The van der Waals surface area contributed by atoms with Gasteiger partial charge in [0.2, 0.25) is 0 Å². The second kappa shape index (κ2) is 4.61. The van der Waals surface area contributed by atoms with E-state index in [9.17, 15) is 4.79 Å². The fourth-order valence-corrected chi connectivity index (χ4v) is 1.62. The molecule has 1 aromatic heterocycles. The first-order valence-corrected chi connectivity index (χ1v) is 4.81. The number of esters is 1. The zero-order valence-corrected chi connectivity index (χ0v) is 8.50. The van der Waals surface area contributed by atoms with Crippen molar-refractivity contribution in [3.05, 3.63) is 17.0 Å². The maximum Gasteiger partial charge on any atom is 0.348 e. The fourth-order valence-electron chi connectivity index (χ4n) is 0.827. The molecule has 0 atom stereocenters. The van der Waals surface area contributed by atoms with Crippen LogP contribution in [0.4, 0.5) is 5.00 Å². The van der Waals surface area contributed by atoms with Gasteiger partial charge in [-0.25, -0.2) is 9.79 Å². The number of carbonyl (C=O) groups is 1. The highest BCUT2D eigenvalue weighted by Gasteiger charge is 2.09. The first-order valence-electron chi connectivity index (χ1n) is 4.00. The Kier molecular flexibility index (Phi) is 3.47. The molecule has 0 unspecified atom stereocenters. The lowest BCUT2D eigenvalue weighted by molar-refractivity contribution is 0.0532. The van der Waals surface area contributed by atoms with Crippen LogP contribution in [0.15, 0.2) is 17.1 Å². The standard InChI is InChI=1S/C8H11N3O2S/c1-2-13-7(12)5-3-4-6(14-5)11-8(9)10/h3-4H,2H2,1H3,(H4,9,10,11). The van der Waals surface area contributed by atoms with Crippen molar-refractivity contribution in [3.63, 3.8) is 0 Å². The van der Waals surface area contributed by atoms with Gasteiger partial charge in [-0.3, -0.25) is 0 Å². The smallest absolute Gasteiger partial charge is 0.348 e. The van der Waals surface area contributed by atoms with E-state index in [0.29, 0.717) is 16.5 Å². The zero-order valence-electron chi connectivity index (χ0n) is 7.69. The Morgan fingerprint density at radius 1 is 1.57 bits per heavy atom. The lowest BCUT2D eigenvalue weighted by atomic mass is 10.5. The molecule has 0 aliphatic rings. The SMILES string of the molecule is CCOC(=O)c1ccc(N=C(N)N)s1. The molecule has 14 heavy (non-hydrogen) atoms. The van der Waals surface area contributed by atoms with Gasteiger partial charge in [-0.1, -0.05) is 0 Å². The average molecular weight is 213 g/mol. The summed E-state index contributed by atoms with van der Waals surface area (Å²) in [6, 6.07) is 3.29. The van der Waals surface area contributed by atoms with Crippen LogP contribution in [0.25, 0.3) is 0 Å². The highest BCUT2D eigenvalue weighted by molar-refractivity contribution is 7.17. The number of ether oxygens (including phenoxy) is 1. The molecular weight excluding hydrogens is 202 g/mol. The first-order chi connectivity index (χ1) is 6.63. The van der Waals surface area contributed by atoms with Crippen LogP contribution in [0.3, 0.4) is 0 Å². The average Bonchev–Trinajstić information content (AvgIpc) is 2.52. The Bertz CT molecular complexity index is 355. The Morgan fingerprint density at radius 2 is 2.29 bits per heavy atom. The van der Waals surface area contributed by atoms with Crippen molar-refractivity contribution in [2.45, 2.75) is 6.92 Å². The van der Waals surface area contributed by atoms with Crippen molar-refractivity contribution in [2.24, 2.45) is 16.5 Å². The minimum absolute atomic E-state index is 0.0257. The molecular formula is C8H11N3O2S. The predicted octanol–water partition coefficient (Wildman–Crippen LogP) is 0.830. The summed E-state index contributed by atoms with van der Waals surface area (Å²) in [5.41, 5.74) is 10.4. The molecule has 1 rings (SSSR count). The van der Waals surface area contributed by atoms with Crippen molar-refractivity contribution < 1.29 is 9.53 Å². The minimum Gasteiger partial charge on any atom is -0.462 e. The second-order valence-electron chi connectivity index (χ2n) is 2.40. The third-order valence-electron chi connectivity index (χ3n) is 1.31. The Balaban J connectivity index is 2.78. The van der Waals surface area contributed by atoms with Gasteiger partial charge in [-0.2, -0.15) is 0 Å². The minimum atomic E-state index is -0.352.